The molecule has 0 spiro atoms. The fourth-order valence-electron chi connectivity index (χ4n) is 4.36. The minimum atomic E-state index is -0.703. The summed E-state index contributed by atoms with van der Waals surface area (Å²) in [6.07, 6.45) is 0. The molecule has 1 aromatic heterocycles. The number of carbonyl (C=O) groups excluding carboxylic acids is 3. The maximum Gasteiger partial charge on any atom is 0.266 e. The topological polar surface area (TPSA) is 111 Å². The summed E-state index contributed by atoms with van der Waals surface area (Å²) in [6, 6.07) is 34.3. The van der Waals surface area contributed by atoms with Gasteiger partial charge < -0.3 is 16.0 Å². The minimum absolute atomic E-state index is 0.240. The molecule has 0 aliphatic heterocycles. The second-order valence-corrected chi connectivity index (χ2v) is 12.2. The quantitative estimate of drug-likeness (QED) is 0.140. The third kappa shape index (κ3) is 7.36. The molecule has 0 saturated heterocycles. The monoisotopic (exact) mass is 636 g/mol. The second kappa shape index (κ2) is 14.1. The van der Waals surface area contributed by atoms with Gasteiger partial charge in [-0.1, -0.05) is 72.3 Å². The third-order valence-corrected chi connectivity index (χ3v) is 9.20. The van der Waals surface area contributed by atoms with Crippen molar-refractivity contribution in [2.75, 3.05) is 16.0 Å². The van der Waals surface area contributed by atoms with E-state index in [0.29, 0.717) is 37.4 Å². The van der Waals surface area contributed by atoms with Gasteiger partial charge in [-0.15, -0.1) is 23.1 Å². The van der Waals surface area contributed by atoms with Gasteiger partial charge in [0.15, 0.2) is 0 Å². The summed E-state index contributed by atoms with van der Waals surface area (Å²) in [6.45, 7) is 1.69. The van der Waals surface area contributed by atoms with Gasteiger partial charge in [0.1, 0.15) is 16.3 Å². The number of hydrogen-bond donors (Lipinski definition) is 3. The van der Waals surface area contributed by atoms with Crippen molar-refractivity contribution in [3.05, 3.63) is 141 Å². The zero-order valence-electron chi connectivity index (χ0n) is 23.3. The van der Waals surface area contributed by atoms with Crippen LogP contribution in [0.15, 0.2) is 114 Å². The molecule has 1 unspecified atom stereocenters. The summed E-state index contributed by atoms with van der Waals surface area (Å²) < 4.78 is 0. The average molecular weight is 637 g/mol. The van der Waals surface area contributed by atoms with Crippen LogP contribution in [0.25, 0.3) is 0 Å². The van der Waals surface area contributed by atoms with E-state index in [1.807, 2.05) is 54.6 Å². The van der Waals surface area contributed by atoms with Crippen molar-refractivity contribution >= 4 is 68.8 Å². The van der Waals surface area contributed by atoms with Gasteiger partial charge in [0.05, 0.1) is 10.4 Å². The molecule has 5 rings (SSSR count). The second-order valence-electron chi connectivity index (χ2n) is 9.58. The van der Waals surface area contributed by atoms with Crippen LogP contribution in [0.3, 0.4) is 0 Å². The highest BCUT2D eigenvalue weighted by Crippen LogP contribution is 2.39. The zero-order valence-corrected chi connectivity index (χ0v) is 25.7. The van der Waals surface area contributed by atoms with E-state index < -0.39 is 5.25 Å². The highest BCUT2D eigenvalue weighted by atomic mass is 35.5. The number of thioether (sulfide) groups is 1. The van der Waals surface area contributed by atoms with Crippen LogP contribution in [0.4, 0.5) is 16.4 Å². The van der Waals surface area contributed by atoms with Gasteiger partial charge in [-0.25, -0.2) is 0 Å². The van der Waals surface area contributed by atoms with E-state index in [1.165, 1.54) is 11.8 Å². The Morgan fingerprint density at radius 3 is 2.16 bits per heavy atom. The summed E-state index contributed by atoms with van der Waals surface area (Å²) in [5, 5.41) is 18.6. The highest BCUT2D eigenvalue weighted by molar-refractivity contribution is 8.00. The fraction of sp³-hybridized carbons (Fsp3) is 0.0588. The average Bonchev–Trinajstić information content (AvgIpc) is 3.35. The lowest BCUT2D eigenvalue weighted by Gasteiger charge is -2.17. The molecule has 0 radical (unpaired) electrons. The number of benzene rings is 4. The number of nitrogens with zero attached hydrogens (tertiary/aromatic N) is 1. The van der Waals surface area contributed by atoms with Gasteiger partial charge in [0.2, 0.25) is 5.91 Å². The number of nitriles is 1. The Labute approximate surface area is 267 Å². The summed E-state index contributed by atoms with van der Waals surface area (Å²) >= 11 is 8.40. The van der Waals surface area contributed by atoms with Crippen molar-refractivity contribution in [1.29, 1.82) is 5.26 Å². The van der Waals surface area contributed by atoms with Crippen molar-refractivity contribution in [3.63, 3.8) is 0 Å². The van der Waals surface area contributed by atoms with Gasteiger partial charge in [-0.05, 0) is 66.6 Å². The Morgan fingerprint density at radius 1 is 0.795 bits per heavy atom. The first-order valence-corrected chi connectivity index (χ1v) is 15.5. The molecule has 4 aromatic carbocycles. The number of halogens is 1. The molecule has 1 atom stereocenters. The van der Waals surface area contributed by atoms with Crippen molar-refractivity contribution < 1.29 is 14.4 Å². The number of nitrogens with one attached hydrogen (secondary N) is 3. The van der Waals surface area contributed by atoms with Crippen LogP contribution in [0.5, 0.6) is 0 Å². The van der Waals surface area contributed by atoms with Gasteiger partial charge in [0.25, 0.3) is 11.8 Å². The van der Waals surface area contributed by atoms with Crippen LogP contribution < -0.4 is 16.0 Å². The van der Waals surface area contributed by atoms with E-state index in [9.17, 15) is 19.6 Å². The minimum Gasteiger partial charge on any atom is -0.322 e. The van der Waals surface area contributed by atoms with Crippen LogP contribution in [0.1, 0.15) is 42.0 Å². The number of rotatable bonds is 9. The molecule has 10 heteroatoms. The Kier molecular flexibility index (Phi) is 9.77. The lowest BCUT2D eigenvalue weighted by atomic mass is 10.1. The molecule has 218 valence electrons. The van der Waals surface area contributed by atoms with Crippen molar-refractivity contribution in [2.45, 2.75) is 17.1 Å². The van der Waals surface area contributed by atoms with E-state index in [2.05, 4.69) is 22.0 Å². The molecule has 0 saturated carbocycles. The van der Waals surface area contributed by atoms with Gasteiger partial charge >= 0.3 is 0 Å². The van der Waals surface area contributed by atoms with Crippen LogP contribution in [-0.2, 0) is 4.79 Å². The Hall–Kier alpha value is -4.88. The molecular formula is C34H25ClN4O3S2. The lowest BCUT2D eigenvalue weighted by Crippen LogP contribution is -2.19. The third-order valence-electron chi connectivity index (χ3n) is 6.51. The first-order valence-electron chi connectivity index (χ1n) is 13.4. The van der Waals surface area contributed by atoms with E-state index >= 15 is 0 Å². The summed E-state index contributed by atoms with van der Waals surface area (Å²) in [5.41, 5.74) is 3.09. The molecular weight excluding hydrogens is 612 g/mol. The number of amides is 3. The number of para-hydroxylation sites is 1. The van der Waals surface area contributed by atoms with Crippen molar-refractivity contribution in [1.82, 2.24) is 0 Å². The molecule has 3 N–H and O–H groups in total. The van der Waals surface area contributed by atoms with Crippen molar-refractivity contribution in [3.8, 4) is 6.07 Å². The molecule has 7 nitrogen and oxygen atoms in total. The van der Waals surface area contributed by atoms with Gasteiger partial charge in [-0.2, -0.15) is 5.26 Å². The highest BCUT2D eigenvalue weighted by Gasteiger charge is 2.27. The maximum absolute atomic E-state index is 13.8. The fourth-order valence-corrected chi connectivity index (χ4v) is 6.69. The summed E-state index contributed by atoms with van der Waals surface area (Å²) in [5.74, 6) is -1.03. The Bertz CT molecular complexity index is 1870. The summed E-state index contributed by atoms with van der Waals surface area (Å²) in [4.78, 5) is 40.7. The largest absolute Gasteiger partial charge is 0.322 e. The number of anilines is 3. The first-order chi connectivity index (χ1) is 21.3. The van der Waals surface area contributed by atoms with E-state index in [-0.39, 0.29) is 23.3 Å². The molecule has 0 aliphatic carbocycles. The van der Waals surface area contributed by atoms with E-state index in [4.69, 9.17) is 11.6 Å². The summed E-state index contributed by atoms with van der Waals surface area (Å²) in [7, 11) is 0. The number of thiophene rings is 1. The lowest BCUT2D eigenvalue weighted by molar-refractivity contribution is -0.115. The molecule has 1 heterocycles. The number of hydrogen-bond acceptors (Lipinski definition) is 6. The van der Waals surface area contributed by atoms with Crippen molar-refractivity contribution in [2.24, 2.45) is 0 Å². The van der Waals surface area contributed by atoms with Crippen LogP contribution >= 0.6 is 34.7 Å². The Morgan fingerprint density at radius 2 is 1.45 bits per heavy atom. The molecule has 5 aromatic rings. The van der Waals surface area contributed by atoms with E-state index in [1.54, 1.807) is 61.5 Å². The van der Waals surface area contributed by atoms with E-state index in [0.717, 1.165) is 21.8 Å². The maximum atomic E-state index is 13.8. The van der Waals surface area contributed by atoms with Gasteiger partial charge in [-0.3, -0.25) is 14.4 Å². The SMILES string of the molecule is Cc1c(C(=O)Nc2ccccc2)sc(NC(=O)C(Sc2cccc(NC(=O)c3cccc(Cl)c3)c2)c2ccccc2)c1C#N. The van der Waals surface area contributed by atoms with Crippen LogP contribution in [-0.4, -0.2) is 17.7 Å². The number of carbonyl (C=O) groups is 3. The Balaban J connectivity index is 1.38. The first kappa shape index (κ1) is 30.6. The smallest absolute Gasteiger partial charge is 0.266 e. The van der Waals surface area contributed by atoms with Crippen LogP contribution in [0, 0.1) is 18.3 Å². The predicted molar refractivity (Wildman–Crippen MR) is 178 cm³/mol. The van der Waals surface area contributed by atoms with Crippen LogP contribution in [0.2, 0.25) is 5.02 Å². The molecule has 0 bridgehead atoms. The van der Waals surface area contributed by atoms with Gasteiger partial charge in [0, 0.05) is 26.9 Å². The standard InChI is InChI=1S/C34H25ClN4O3S2/c1-21-28(20-36)34(44-29(21)32(41)37-25-14-6-3-7-15-25)39-33(42)30(22-10-4-2-5-11-22)43-27-17-9-16-26(19-27)38-31(40)23-12-8-13-24(35)18-23/h2-19,30H,1H3,(H,37,41)(H,38,40)(H,39,42). The molecule has 0 fully saturated rings. The molecule has 0 aliphatic rings. The molecule has 3 amide bonds. The normalized spacial score (nSPS) is 11.2. The zero-order chi connectivity index (χ0) is 31.1. The molecule has 44 heavy (non-hydrogen) atoms. The predicted octanol–water partition coefficient (Wildman–Crippen LogP) is 8.56.